The summed E-state index contributed by atoms with van der Waals surface area (Å²) < 4.78 is 6.76. The van der Waals surface area contributed by atoms with E-state index in [2.05, 4.69) is 30.7 Å². The van der Waals surface area contributed by atoms with Gasteiger partial charge in [-0.2, -0.15) is 5.10 Å². The van der Waals surface area contributed by atoms with Crippen molar-refractivity contribution in [3.8, 4) is 0 Å². The molecule has 6 heteroatoms. The van der Waals surface area contributed by atoms with Gasteiger partial charge in [-0.3, -0.25) is 4.68 Å². The van der Waals surface area contributed by atoms with Gasteiger partial charge in [0.15, 0.2) is 0 Å². The molecule has 0 aliphatic heterocycles. The van der Waals surface area contributed by atoms with Crippen LogP contribution in [0.1, 0.15) is 4.88 Å². The summed E-state index contributed by atoms with van der Waals surface area (Å²) in [6.07, 6.45) is 3.60. The van der Waals surface area contributed by atoms with E-state index in [9.17, 15) is 0 Å². The van der Waals surface area contributed by atoms with Crippen molar-refractivity contribution in [2.75, 3.05) is 5.32 Å². The van der Waals surface area contributed by atoms with Crippen LogP contribution in [0.15, 0.2) is 23.1 Å². The summed E-state index contributed by atoms with van der Waals surface area (Å²) >= 11 is 4.94. The summed E-state index contributed by atoms with van der Waals surface area (Å²) in [4.78, 5) is 1.21. The second-order valence-corrected chi connectivity index (χ2v) is 4.47. The summed E-state index contributed by atoms with van der Waals surface area (Å²) in [7, 11) is 1.89. The minimum absolute atomic E-state index is 0.787. The lowest BCUT2D eigenvalue weighted by molar-refractivity contribution is 0.750. The number of anilines is 1. The maximum absolute atomic E-state index is 4.11. The third kappa shape index (κ3) is 1.96. The first kappa shape index (κ1) is 9.67. The Balaban J connectivity index is 2.02. The molecular weight excluding hydrogens is 264 g/mol. The molecule has 2 aromatic heterocycles. The van der Waals surface area contributed by atoms with Gasteiger partial charge in [0.2, 0.25) is 0 Å². The highest BCUT2D eigenvalue weighted by Gasteiger charge is 2.04. The summed E-state index contributed by atoms with van der Waals surface area (Å²) in [5.74, 6) is 0. The Hall–Kier alpha value is -0.880. The van der Waals surface area contributed by atoms with E-state index in [4.69, 9.17) is 0 Å². The average molecular weight is 273 g/mol. The summed E-state index contributed by atoms with van der Waals surface area (Å²) in [5.41, 5.74) is 1.00. The van der Waals surface area contributed by atoms with Crippen LogP contribution in [0.25, 0.3) is 0 Å². The molecule has 2 aromatic rings. The van der Waals surface area contributed by atoms with E-state index < -0.39 is 0 Å². The molecule has 4 nitrogen and oxygen atoms in total. The molecule has 74 valence electrons. The zero-order valence-electron chi connectivity index (χ0n) is 7.57. The highest BCUT2D eigenvalue weighted by molar-refractivity contribution is 9.10. The number of hydrogen-bond acceptors (Lipinski definition) is 4. The Labute approximate surface area is 94.2 Å². The van der Waals surface area contributed by atoms with Crippen molar-refractivity contribution < 1.29 is 0 Å². The molecule has 0 aliphatic carbocycles. The first-order chi connectivity index (χ1) is 6.77. The van der Waals surface area contributed by atoms with Crippen molar-refractivity contribution >= 4 is 33.1 Å². The zero-order chi connectivity index (χ0) is 9.97. The molecule has 2 heterocycles. The lowest BCUT2D eigenvalue weighted by Gasteiger charge is -2.01. The van der Waals surface area contributed by atoms with E-state index in [1.54, 1.807) is 17.1 Å². The molecule has 0 saturated heterocycles. The molecule has 0 fully saturated rings. The average Bonchev–Trinajstić information content (AvgIpc) is 2.77. The van der Waals surface area contributed by atoms with Gasteiger partial charge in [0.25, 0.3) is 0 Å². The molecule has 0 amide bonds. The first-order valence-electron chi connectivity index (χ1n) is 4.08. The van der Waals surface area contributed by atoms with E-state index in [0.717, 1.165) is 16.8 Å². The third-order valence-corrected chi connectivity index (χ3v) is 3.49. The lowest BCUT2D eigenvalue weighted by Crippen LogP contribution is -1.97. The Morgan fingerprint density at radius 2 is 2.50 bits per heavy atom. The minimum Gasteiger partial charge on any atom is -0.377 e. The summed E-state index contributed by atoms with van der Waals surface area (Å²) in [5, 5.41) is 7.39. The van der Waals surface area contributed by atoms with Gasteiger partial charge in [-0.05, 0) is 33.5 Å². The van der Waals surface area contributed by atoms with Crippen LogP contribution in [0, 0.1) is 0 Å². The molecule has 0 atom stereocenters. The molecule has 0 unspecified atom stereocenters. The molecular formula is C8H9BrN4S. The molecule has 2 rings (SSSR count). The van der Waals surface area contributed by atoms with Crippen molar-refractivity contribution in [3.63, 3.8) is 0 Å². The predicted molar refractivity (Wildman–Crippen MR) is 60.3 cm³/mol. The number of nitrogens with zero attached hydrogens (tertiary/aromatic N) is 3. The van der Waals surface area contributed by atoms with Gasteiger partial charge in [0.1, 0.15) is 4.60 Å². The Morgan fingerprint density at radius 3 is 3.07 bits per heavy atom. The Kier molecular flexibility index (Phi) is 2.83. The van der Waals surface area contributed by atoms with E-state index in [1.807, 2.05) is 13.1 Å². The Bertz CT molecular complexity index is 409. The number of aryl methyl sites for hydroxylation is 1. The van der Waals surface area contributed by atoms with Crippen molar-refractivity contribution in [2.24, 2.45) is 7.05 Å². The third-order valence-electron chi connectivity index (χ3n) is 1.81. The van der Waals surface area contributed by atoms with Gasteiger partial charge in [0.05, 0.1) is 18.4 Å². The fourth-order valence-electron chi connectivity index (χ4n) is 1.06. The SMILES string of the molecule is Cn1ncc(NCc2ccns2)c1Br. The molecule has 0 radical (unpaired) electrons. The minimum atomic E-state index is 0.787. The monoisotopic (exact) mass is 272 g/mol. The molecule has 0 bridgehead atoms. The van der Waals surface area contributed by atoms with E-state index in [0.29, 0.717) is 0 Å². The van der Waals surface area contributed by atoms with Crippen LogP contribution < -0.4 is 5.32 Å². The first-order valence-corrected chi connectivity index (χ1v) is 5.65. The fraction of sp³-hybridized carbons (Fsp3) is 0.250. The molecule has 14 heavy (non-hydrogen) atoms. The van der Waals surface area contributed by atoms with Crippen LogP contribution in [0.4, 0.5) is 5.69 Å². The van der Waals surface area contributed by atoms with Crippen LogP contribution in [0.2, 0.25) is 0 Å². The van der Waals surface area contributed by atoms with E-state index >= 15 is 0 Å². The van der Waals surface area contributed by atoms with Crippen LogP contribution in [0.5, 0.6) is 0 Å². The number of rotatable bonds is 3. The maximum Gasteiger partial charge on any atom is 0.126 e. The van der Waals surface area contributed by atoms with Gasteiger partial charge >= 0.3 is 0 Å². The van der Waals surface area contributed by atoms with Crippen LogP contribution in [0.3, 0.4) is 0 Å². The molecule has 0 spiro atoms. The van der Waals surface area contributed by atoms with Gasteiger partial charge in [-0.15, -0.1) is 0 Å². The molecule has 0 aromatic carbocycles. The standard InChI is InChI=1S/C8H9BrN4S/c1-13-8(9)7(5-11-13)10-4-6-2-3-12-14-6/h2-3,5,10H,4H2,1H3. The highest BCUT2D eigenvalue weighted by atomic mass is 79.9. The second-order valence-electron chi connectivity index (χ2n) is 2.80. The quantitative estimate of drug-likeness (QED) is 0.932. The topological polar surface area (TPSA) is 42.7 Å². The van der Waals surface area contributed by atoms with Gasteiger partial charge in [0, 0.05) is 18.1 Å². The van der Waals surface area contributed by atoms with Crippen molar-refractivity contribution in [1.82, 2.24) is 14.2 Å². The fourth-order valence-corrected chi connectivity index (χ4v) is 1.91. The molecule has 0 aliphatic rings. The summed E-state index contributed by atoms with van der Waals surface area (Å²) in [6, 6.07) is 2.00. The number of nitrogens with one attached hydrogen (secondary N) is 1. The number of halogens is 1. The van der Waals surface area contributed by atoms with E-state index in [-0.39, 0.29) is 0 Å². The van der Waals surface area contributed by atoms with Crippen LogP contribution >= 0.6 is 27.5 Å². The highest BCUT2D eigenvalue weighted by Crippen LogP contribution is 2.21. The lowest BCUT2D eigenvalue weighted by atomic mass is 10.4. The van der Waals surface area contributed by atoms with Gasteiger partial charge in [-0.25, -0.2) is 4.37 Å². The zero-order valence-corrected chi connectivity index (χ0v) is 9.97. The van der Waals surface area contributed by atoms with Gasteiger partial charge in [-0.1, -0.05) is 0 Å². The van der Waals surface area contributed by atoms with E-state index in [1.165, 1.54) is 16.4 Å². The Morgan fingerprint density at radius 1 is 1.64 bits per heavy atom. The molecule has 0 saturated carbocycles. The van der Waals surface area contributed by atoms with Crippen molar-refractivity contribution in [3.05, 3.63) is 27.9 Å². The largest absolute Gasteiger partial charge is 0.377 e. The number of hydrogen-bond donors (Lipinski definition) is 1. The number of aromatic nitrogens is 3. The van der Waals surface area contributed by atoms with Gasteiger partial charge < -0.3 is 5.32 Å². The van der Waals surface area contributed by atoms with Crippen LogP contribution in [-0.2, 0) is 13.6 Å². The molecule has 1 N–H and O–H groups in total. The smallest absolute Gasteiger partial charge is 0.126 e. The predicted octanol–water partition coefficient (Wildman–Crippen LogP) is 2.25. The maximum atomic E-state index is 4.11. The van der Waals surface area contributed by atoms with Crippen molar-refractivity contribution in [1.29, 1.82) is 0 Å². The second kappa shape index (κ2) is 4.10. The van der Waals surface area contributed by atoms with Crippen LogP contribution in [-0.4, -0.2) is 14.2 Å². The summed E-state index contributed by atoms with van der Waals surface area (Å²) in [6.45, 7) is 0.787. The van der Waals surface area contributed by atoms with Crippen molar-refractivity contribution in [2.45, 2.75) is 6.54 Å². The normalized spacial score (nSPS) is 10.4.